The fraction of sp³-hybridized carbons (Fsp3) is 0.375. The zero-order chi connectivity index (χ0) is 15.3. The summed E-state index contributed by atoms with van der Waals surface area (Å²) >= 11 is 6.02. The van der Waals surface area contributed by atoms with Gasteiger partial charge in [0.25, 0.3) is 0 Å². The molecule has 0 atom stereocenters. The average Bonchev–Trinajstić information content (AvgIpc) is 2.43. The van der Waals surface area contributed by atoms with Crippen molar-refractivity contribution in [1.82, 2.24) is 9.97 Å². The van der Waals surface area contributed by atoms with E-state index in [1.165, 1.54) is 0 Å². The van der Waals surface area contributed by atoms with E-state index in [0.29, 0.717) is 30.1 Å². The third kappa shape index (κ3) is 5.33. The van der Waals surface area contributed by atoms with Gasteiger partial charge in [-0.05, 0) is 20.8 Å². The third-order valence-corrected chi connectivity index (χ3v) is 2.77. The minimum atomic E-state index is -0.179. The summed E-state index contributed by atoms with van der Waals surface area (Å²) in [6, 6.07) is 11.3. The van der Waals surface area contributed by atoms with Gasteiger partial charge in [-0.3, -0.25) is 0 Å². The smallest absolute Gasteiger partial charge is 0.218 e. The van der Waals surface area contributed by atoms with Gasteiger partial charge in [0.1, 0.15) is 11.8 Å². The number of ether oxygens (including phenoxy) is 2. The van der Waals surface area contributed by atoms with Gasteiger partial charge in [0, 0.05) is 11.6 Å². The number of rotatable bonds is 5. The maximum absolute atomic E-state index is 6.02. The molecule has 4 nitrogen and oxygen atoms in total. The first-order valence-corrected chi connectivity index (χ1v) is 7.19. The van der Waals surface area contributed by atoms with E-state index < -0.39 is 0 Å². The van der Waals surface area contributed by atoms with Crippen LogP contribution in [0.4, 0.5) is 0 Å². The summed E-state index contributed by atoms with van der Waals surface area (Å²) in [4.78, 5) is 8.58. The average molecular weight is 307 g/mol. The van der Waals surface area contributed by atoms with Crippen molar-refractivity contribution >= 4 is 11.6 Å². The number of halogens is 1. The number of hydrogen-bond donors (Lipinski definition) is 0. The van der Waals surface area contributed by atoms with Gasteiger partial charge in [0.05, 0.1) is 12.2 Å². The first-order chi connectivity index (χ1) is 9.94. The second-order valence-corrected chi connectivity index (χ2v) is 5.92. The first-order valence-electron chi connectivity index (χ1n) is 6.81. The lowest BCUT2D eigenvalue weighted by atomic mass is 10.2. The van der Waals surface area contributed by atoms with Gasteiger partial charge >= 0.3 is 0 Å². The summed E-state index contributed by atoms with van der Waals surface area (Å²) in [5.74, 6) is 1.00. The Labute approximate surface area is 130 Å². The second-order valence-electron chi connectivity index (χ2n) is 5.53. The minimum Gasteiger partial charge on any atom is -0.475 e. The summed E-state index contributed by atoms with van der Waals surface area (Å²) < 4.78 is 11.2. The molecule has 0 spiro atoms. The zero-order valence-electron chi connectivity index (χ0n) is 12.5. The Morgan fingerprint density at radius 1 is 1.05 bits per heavy atom. The van der Waals surface area contributed by atoms with Crippen molar-refractivity contribution in [2.45, 2.75) is 26.4 Å². The zero-order valence-corrected chi connectivity index (χ0v) is 13.2. The second kappa shape index (κ2) is 6.87. The Kier molecular flexibility index (Phi) is 5.15. The molecule has 0 saturated heterocycles. The molecule has 112 valence electrons. The molecule has 0 aliphatic heterocycles. The van der Waals surface area contributed by atoms with Crippen molar-refractivity contribution in [3.63, 3.8) is 0 Å². The lowest BCUT2D eigenvalue weighted by Gasteiger charge is -2.19. The maximum Gasteiger partial charge on any atom is 0.218 e. The first kappa shape index (κ1) is 15.7. The molecule has 0 radical (unpaired) electrons. The van der Waals surface area contributed by atoms with Crippen LogP contribution in [-0.4, -0.2) is 28.8 Å². The fourth-order valence-corrected chi connectivity index (χ4v) is 1.85. The van der Waals surface area contributed by atoms with E-state index in [2.05, 4.69) is 9.97 Å². The van der Waals surface area contributed by atoms with Crippen molar-refractivity contribution in [1.29, 1.82) is 0 Å². The van der Waals surface area contributed by atoms with Crippen molar-refractivity contribution in [3.05, 3.63) is 41.6 Å². The molecule has 21 heavy (non-hydrogen) atoms. The van der Waals surface area contributed by atoms with E-state index in [9.17, 15) is 0 Å². The van der Waals surface area contributed by atoms with Crippen LogP contribution < -0.4 is 4.74 Å². The van der Waals surface area contributed by atoms with Crippen LogP contribution >= 0.6 is 11.6 Å². The predicted molar refractivity (Wildman–Crippen MR) is 83.7 cm³/mol. The maximum atomic E-state index is 6.02. The Morgan fingerprint density at radius 3 is 2.43 bits per heavy atom. The van der Waals surface area contributed by atoms with E-state index in [1.807, 2.05) is 51.1 Å². The number of benzene rings is 1. The van der Waals surface area contributed by atoms with Gasteiger partial charge in [0.15, 0.2) is 5.82 Å². The molecule has 0 amide bonds. The Balaban J connectivity index is 2.03. The lowest BCUT2D eigenvalue weighted by molar-refractivity contribution is -0.0168. The van der Waals surface area contributed by atoms with Gasteiger partial charge in [0.2, 0.25) is 5.88 Å². The molecule has 0 aliphatic rings. The Bertz CT molecular complexity index is 583. The highest BCUT2D eigenvalue weighted by atomic mass is 35.5. The molecule has 1 aromatic heterocycles. The predicted octanol–water partition coefficient (Wildman–Crippen LogP) is 3.99. The number of hydrogen-bond acceptors (Lipinski definition) is 4. The van der Waals surface area contributed by atoms with Crippen LogP contribution in [0.5, 0.6) is 5.88 Å². The van der Waals surface area contributed by atoms with E-state index in [0.717, 1.165) is 5.56 Å². The van der Waals surface area contributed by atoms with Crippen LogP contribution in [0.25, 0.3) is 11.4 Å². The molecule has 0 N–H and O–H groups in total. The van der Waals surface area contributed by atoms with Crippen molar-refractivity contribution in [2.75, 3.05) is 13.2 Å². The molecule has 5 heteroatoms. The quantitative estimate of drug-likeness (QED) is 0.619. The van der Waals surface area contributed by atoms with Crippen molar-refractivity contribution in [2.24, 2.45) is 0 Å². The van der Waals surface area contributed by atoms with Crippen LogP contribution in [0.2, 0.25) is 5.15 Å². The van der Waals surface area contributed by atoms with Crippen LogP contribution in [0.1, 0.15) is 20.8 Å². The molecule has 0 bridgehead atoms. The minimum absolute atomic E-state index is 0.179. The molecule has 2 rings (SSSR count). The van der Waals surface area contributed by atoms with E-state index in [1.54, 1.807) is 6.07 Å². The standard InChI is InChI=1S/C16H19ClN2O2/c1-16(2,3)21-10-9-20-14-11-13(17)18-15(19-14)12-7-5-4-6-8-12/h4-8,11H,9-10H2,1-3H3. The van der Waals surface area contributed by atoms with Gasteiger partial charge in [-0.2, -0.15) is 4.98 Å². The summed E-state index contributed by atoms with van der Waals surface area (Å²) in [5.41, 5.74) is 0.720. The largest absolute Gasteiger partial charge is 0.475 e. The molecule has 1 aromatic carbocycles. The third-order valence-electron chi connectivity index (χ3n) is 2.57. The fourth-order valence-electron chi connectivity index (χ4n) is 1.68. The summed E-state index contributed by atoms with van der Waals surface area (Å²) in [5, 5.41) is 0.357. The highest BCUT2D eigenvalue weighted by molar-refractivity contribution is 6.29. The van der Waals surface area contributed by atoms with E-state index >= 15 is 0 Å². The van der Waals surface area contributed by atoms with Crippen LogP contribution in [0.15, 0.2) is 36.4 Å². The molecule has 1 heterocycles. The molecular formula is C16H19ClN2O2. The van der Waals surface area contributed by atoms with Crippen LogP contribution in [0.3, 0.4) is 0 Å². The molecule has 0 saturated carbocycles. The summed E-state index contributed by atoms with van der Waals surface area (Å²) in [6.07, 6.45) is 0. The molecule has 0 aliphatic carbocycles. The van der Waals surface area contributed by atoms with Gasteiger partial charge in [-0.15, -0.1) is 0 Å². The summed E-state index contributed by atoms with van der Waals surface area (Å²) in [6.45, 7) is 6.91. The van der Waals surface area contributed by atoms with Crippen LogP contribution in [-0.2, 0) is 4.74 Å². The summed E-state index contributed by atoms with van der Waals surface area (Å²) in [7, 11) is 0. The Hall–Kier alpha value is -1.65. The van der Waals surface area contributed by atoms with E-state index in [4.69, 9.17) is 21.1 Å². The van der Waals surface area contributed by atoms with Gasteiger partial charge in [-0.25, -0.2) is 4.98 Å². The van der Waals surface area contributed by atoms with Crippen molar-refractivity contribution < 1.29 is 9.47 Å². The Morgan fingerprint density at radius 2 is 1.76 bits per heavy atom. The van der Waals surface area contributed by atoms with E-state index in [-0.39, 0.29) is 5.60 Å². The molecule has 0 unspecified atom stereocenters. The lowest BCUT2D eigenvalue weighted by Crippen LogP contribution is -2.22. The normalized spacial score (nSPS) is 11.4. The number of nitrogens with zero attached hydrogens (tertiary/aromatic N) is 2. The molecular weight excluding hydrogens is 288 g/mol. The van der Waals surface area contributed by atoms with Gasteiger partial charge < -0.3 is 9.47 Å². The highest BCUT2D eigenvalue weighted by Gasteiger charge is 2.10. The molecule has 0 fully saturated rings. The van der Waals surface area contributed by atoms with Crippen LogP contribution in [0, 0.1) is 0 Å². The van der Waals surface area contributed by atoms with Gasteiger partial charge in [-0.1, -0.05) is 41.9 Å². The monoisotopic (exact) mass is 306 g/mol. The van der Waals surface area contributed by atoms with Crippen molar-refractivity contribution in [3.8, 4) is 17.3 Å². The molecule has 2 aromatic rings. The number of aromatic nitrogens is 2. The highest BCUT2D eigenvalue weighted by Crippen LogP contribution is 2.21. The topological polar surface area (TPSA) is 44.2 Å². The SMILES string of the molecule is CC(C)(C)OCCOc1cc(Cl)nc(-c2ccccc2)n1.